The number of aliphatic carboxylic acids is 1. The molecule has 11 heavy (non-hydrogen) atoms. The van der Waals surface area contributed by atoms with Crippen molar-refractivity contribution in [3.05, 3.63) is 12.7 Å². The van der Waals surface area contributed by atoms with Gasteiger partial charge >= 0.3 is 5.97 Å². The van der Waals surface area contributed by atoms with Gasteiger partial charge in [-0.2, -0.15) is 0 Å². The lowest BCUT2D eigenvalue weighted by Crippen LogP contribution is -2.26. The van der Waals surface area contributed by atoms with Crippen molar-refractivity contribution < 1.29 is 9.90 Å². The number of rotatable bonds is 4. The number of hydrogen-bond donors (Lipinski definition) is 1. The van der Waals surface area contributed by atoms with E-state index >= 15 is 0 Å². The van der Waals surface area contributed by atoms with Gasteiger partial charge in [0.1, 0.15) is 0 Å². The van der Waals surface area contributed by atoms with E-state index in [2.05, 4.69) is 6.58 Å². The van der Waals surface area contributed by atoms with Gasteiger partial charge in [-0.05, 0) is 19.3 Å². The first-order valence-corrected chi connectivity index (χ1v) is 3.79. The Kier molecular flexibility index (Phi) is 3.30. The molecule has 0 saturated heterocycles. The summed E-state index contributed by atoms with van der Waals surface area (Å²) in [5, 5.41) is 8.81. The van der Waals surface area contributed by atoms with Crippen molar-refractivity contribution in [2.24, 2.45) is 11.3 Å². The molecule has 0 amide bonds. The first kappa shape index (κ1) is 10.2. The van der Waals surface area contributed by atoms with Crippen molar-refractivity contribution in [1.29, 1.82) is 0 Å². The zero-order valence-electron chi connectivity index (χ0n) is 7.42. The van der Waals surface area contributed by atoms with Gasteiger partial charge in [0.15, 0.2) is 0 Å². The van der Waals surface area contributed by atoms with E-state index in [0.29, 0.717) is 12.3 Å². The van der Waals surface area contributed by atoms with E-state index in [-0.39, 0.29) is 0 Å². The molecule has 2 nitrogen and oxygen atoms in total. The highest BCUT2D eigenvalue weighted by Gasteiger charge is 2.29. The Morgan fingerprint density at radius 3 is 2.27 bits per heavy atom. The van der Waals surface area contributed by atoms with Crippen LogP contribution in [0.2, 0.25) is 0 Å². The average molecular weight is 156 g/mol. The predicted octanol–water partition coefficient (Wildman–Crippen LogP) is 2.31. The number of carboxylic acid groups (broad SMARTS) is 1. The molecule has 0 aromatic carbocycles. The Labute approximate surface area is 67.9 Å². The number of carbonyl (C=O) groups is 1. The van der Waals surface area contributed by atoms with Crippen molar-refractivity contribution in [2.45, 2.75) is 27.2 Å². The van der Waals surface area contributed by atoms with Gasteiger partial charge < -0.3 is 5.11 Å². The normalized spacial score (nSPS) is 16.0. The van der Waals surface area contributed by atoms with Crippen LogP contribution in [0, 0.1) is 11.3 Å². The molecule has 0 aromatic heterocycles. The number of carboxylic acids is 1. The van der Waals surface area contributed by atoms with Gasteiger partial charge in [0.25, 0.3) is 0 Å². The van der Waals surface area contributed by atoms with Gasteiger partial charge in [0.2, 0.25) is 0 Å². The van der Waals surface area contributed by atoms with Gasteiger partial charge in [-0.25, -0.2) is 0 Å². The van der Waals surface area contributed by atoms with Gasteiger partial charge in [-0.15, -0.1) is 6.58 Å². The fraction of sp³-hybridized carbons (Fsp3) is 0.667. The van der Waals surface area contributed by atoms with E-state index in [4.69, 9.17) is 5.11 Å². The summed E-state index contributed by atoms with van der Waals surface area (Å²) < 4.78 is 0. The van der Waals surface area contributed by atoms with E-state index in [0.717, 1.165) is 0 Å². The summed E-state index contributed by atoms with van der Waals surface area (Å²) in [4.78, 5) is 10.7. The maximum absolute atomic E-state index is 10.7. The number of hydrogen-bond acceptors (Lipinski definition) is 1. The van der Waals surface area contributed by atoms with Gasteiger partial charge in [0, 0.05) is 0 Å². The Bertz CT molecular complexity index is 161. The molecule has 0 fully saturated rings. The van der Waals surface area contributed by atoms with Crippen LogP contribution >= 0.6 is 0 Å². The Hall–Kier alpha value is -0.790. The summed E-state index contributed by atoms with van der Waals surface area (Å²) in [6, 6.07) is 0. The summed E-state index contributed by atoms with van der Waals surface area (Å²) in [5.41, 5.74) is -0.756. The first-order valence-electron chi connectivity index (χ1n) is 3.79. The largest absolute Gasteiger partial charge is 0.481 e. The fourth-order valence-corrected chi connectivity index (χ4v) is 1.11. The molecule has 1 atom stereocenters. The maximum atomic E-state index is 10.7. The van der Waals surface area contributed by atoms with Crippen molar-refractivity contribution in [3.8, 4) is 0 Å². The molecule has 1 N–H and O–H groups in total. The molecule has 0 radical (unpaired) electrons. The molecular formula is C9H16O2. The zero-order valence-corrected chi connectivity index (χ0v) is 7.42. The third-order valence-corrected chi connectivity index (χ3v) is 1.77. The van der Waals surface area contributed by atoms with E-state index in [1.165, 1.54) is 6.08 Å². The topological polar surface area (TPSA) is 37.3 Å². The summed E-state index contributed by atoms with van der Waals surface area (Å²) in [6.45, 7) is 9.23. The van der Waals surface area contributed by atoms with Gasteiger partial charge in [-0.3, -0.25) is 4.79 Å². The van der Waals surface area contributed by atoms with Crippen molar-refractivity contribution in [3.63, 3.8) is 0 Å². The highest BCUT2D eigenvalue weighted by Crippen LogP contribution is 2.27. The minimum absolute atomic E-state index is 0.383. The lowest BCUT2D eigenvalue weighted by Gasteiger charge is -2.21. The van der Waals surface area contributed by atoms with Crippen LogP contribution in [0.15, 0.2) is 12.7 Å². The maximum Gasteiger partial charge on any atom is 0.313 e. The van der Waals surface area contributed by atoms with Crippen molar-refractivity contribution in [1.82, 2.24) is 0 Å². The van der Waals surface area contributed by atoms with Crippen LogP contribution in [-0.2, 0) is 4.79 Å². The minimum Gasteiger partial charge on any atom is -0.481 e. The third kappa shape index (κ3) is 2.74. The van der Waals surface area contributed by atoms with Crippen LogP contribution in [0.4, 0.5) is 0 Å². The molecule has 0 spiro atoms. The predicted molar refractivity (Wildman–Crippen MR) is 45.4 cm³/mol. The van der Waals surface area contributed by atoms with E-state index in [9.17, 15) is 4.79 Å². The summed E-state index contributed by atoms with van der Waals surface area (Å²) in [6.07, 6.45) is 2.15. The summed E-state index contributed by atoms with van der Waals surface area (Å²) >= 11 is 0. The second kappa shape index (κ2) is 3.56. The first-order chi connectivity index (χ1) is 4.92. The van der Waals surface area contributed by atoms with Crippen LogP contribution in [0.3, 0.4) is 0 Å². The monoisotopic (exact) mass is 156 g/mol. The lowest BCUT2D eigenvalue weighted by molar-refractivity contribution is -0.145. The van der Waals surface area contributed by atoms with Crippen molar-refractivity contribution in [2.75, 3.05) is 0 Å². The smallest absolute Gasteiger partial charge is 0.313 e. The highest BCUT2D eigenvalue weighted by molar-refractivity contribution is 5.76. The van der Waals surface area contributed by atoms with Crippen LogP contribution < -0.4 is 0 Å². The lowest BCUT2D eigenvalue weighted by atomic mass is 9.82. The quantitative estimate of drug-likeness (QED) is 0.634. The summed E-state index contributed by atoms with van der Waals surface area (Å²) in [7, 11) is 0. The molecule has 0 aliphatic rings. The average Bonchev–Trinajstić information content (AvgIpc) is 1.86. The Morgan fingerprint density at radius 1 is 1.73 bits per heavy atom. The second-order valence-electron chi connectivity index (χ2n) is 3.52. The molecular weight excluding hydrogens is 140 g/mol. The molecule has 0 saturated carbocycles. The fourth-order valence-electron chi connectivity index (χ4n) is 1.11. The zero-order chi connectivity index (χ0) is 9.07. The highest BCUT2D eigenvalue weighted by atomic mass is 16.4. The molecule has 0 aliphatic carbocycles. The SMILES string of the molecule is C=CC(C)(CC(C)C)C(=O)O. The second-order valence-corrected chi connectivity index (χ2v) is 3.52. The molecule has 2 heteroatoms. The third-order valence-electron chi connectivity index (χ3n) is 1.77. The van der Waals surface area contributed by atoms with Gasteiger partial charge in [0.05, 0.1) is 5.41 Å². The van der Waals surface area contributed by atoms with Gasteiger partial charge in [-0.1, -0.05) is 19.9 Å². The Balaban J connectivity index is 4.34. The molecule has 1 unspecified atom stereocenters. The standard InChI is InChI=1S/C9H16O2/c1-5-9(4,8(10)11)6-7(2)3/h5,7H,1,6H2,2-4H3,(H,10,11). The molecule has 0 rings (SSSR count). The molecule has 64 valence electrons. The molecule has 0 heterocycles. The minimum atomic E-state index is -0.791. The Morgan fingerprint density at radius 2 is 2.18 bits per heavy atom. The van der Waals surface area contributed by atoms with Crippen LogP contribution in [0.5, 0.6) is 0 Å². The van der Waals surface area contributed by atoms with Crippen LogP contribution in [0.1, 0.15) is 27.2 Å². The van der Waals surface area contributed by atoms with Crippen LogP contribution in [0.25, 0.3) is 0 Å². The molecule has 0 aromatic rings. The van der Waals surface area contributed by atoms with E-state index < -0.39 is 11.4 Å². The van der Waals surface area contributed by atoms with E-state index in [1.807, 2.05) is 13.8 Å². The van der Waals surface area contributed by atoms with Crippen molar-refractivity contribution >= 4 is 5.97 Å². The summed E-state index contributed by atoms with van der Waals surface area (Å²) in [5.74, 6) is -0.407. The molecule has 0 bridgehead atoms. The molecule has 0 aliphatic heterocycles. The van der Waals surface area contributed by atoms with Crippen LogP contribution in [-0.4, -0.2) is 11.1 Å². The van der Waals surface area contributed by atoms with E-state index in [1.54, 1.807) is 6.92 Å².